The van der Waals surface area contributed by atoms with Crippen LogP contribution < -0.4 is 0 Å². The number of hydrogen-bond acceptors (Lipinski definition) is 1. The Balaban J connectivity index is 2.73. The third-order valence-electron chi connectivity index (χ3n) is 0.868. The van der Waals surface area contributed by atoms with E-state index in [0.717, 1.165) is 0 Å². The van der Waals surface area contributed by atoms with Crippen LogP contribution in [0.1, 0.15) is 6.92 Å². The standard InChI is InChI=1S/C7H7N/c1-7-5-3-2-4-6-8-7/h2,4,6-7H,1H3. The molecule has 0 N–H and O–H groups in total. The molecule has 0 aromatic carbocycles. The van der Waals surface area contributed by atoms with Crippen molar-refractivity contribution in [2.45, 2.75) is 13.0 Å². The lowest BCUT2D eigenvalue weighted by molar-refractivity contribution is 0.968. The maximum atomic E-state index is 4.04. The first-order valence-corrected chi connectivity index (χ1v) is 2.59. The molecule has 0 fully saturated rings. The van der Waals surface area contributed by atoms with Crippen LogP contribution in [0.2, 0.25) is 0 Å². The summed E-state index contributed by atoms with van der Waals surface area (Å²) < 4.78 is 0. The lowest BCUT2D eigenvalue weighted by Gasteiger charge is -1.87. The van der Waals surface area contributed by atoms with E-state index >= 15 is 0 Å². The molecule has 1 nitrogen and oxygen atoms in total. The summed E-state index contributed by atoms with van der Waals surface area (Å²) >= 11 is 0. The van der Waals surface area contributed by atoms with Gasteiger partial charge in [0.2, 0.25) is 0 Å². The molecule has 0 saturated heterocycles. The molecule has 1 heteroatoms. The molecular weight excluding hydrogens is 98.1 g/mol. The Labute approximate surface area is 49.1 Å². The summed E-state index contributed by atoms with van der Waals surface area (Å²) in [6.07, 6.45) is 5.40. The molecule has 0 aromatic heterocycles. The van der Waals surface area contributed by atoms with Crippen molar-refractivity contribution in [2.24, 2.45) is 4.99 Å². The fourth-order valence-electron chi connectivity index (χ4n) is 0.476. The highest BCUT2D eigenvalue weighted by Crippen LogP contribution is 1.87. The van der Waals surface area contributed by atoms with Gasteiger partial charge >= 0.3 is 0 Å². The van der Waals surface area contributed by atoms with E-state index in [-0.39, 0.29) is 6.04 Å². The second-order valence-electron chi connectivity index (χ2n) is 1.62. The molecule has 0 radical (unpaired) electrons. The number of hydrogen-bond donors (Lipinski definition) is 0. The molecule has 1 rings (SSSR count). The van der Waals surface area contributed by atoms with Gasteiger partial charge in [-0.15, -0.1) is 0 Å². The van der Waals surface area contributed by atoms with Crippen LogP contribution in [0.15, 0.2) is 17.1 Å². The second-order valence-corrected chi connectivity index (χ2v) is 1.62. The van der Waals surface area contributed by atoms with Gasteiger partial charge < -0.3 is 0 Å². The van der Waals surface area contributed by atoms with Gasteiger partial charge in [0.25, 0.3) is 0 Å². The zero-order valence-electron chi connectivity index (χ0n) is 4.76. The fourth-order valence-corrected chi connectivity index (χ4v) is 0.476. The molecule has 0 aromatic rings. The Hall–Kier alpha value is -1.03. The molecular formula is C7H7N. The molecule has 1 atom stereocenters. The van der Waals surface area contributed by atoms with Crippen molar-refractivity contribution in [1.82, 2.24) is 0 Å². The maximum Gasteiger partial charge on any atom is 0.108 e. The van der Waals surface area contributed by atoms with Crippen molar-refractivity contribution in [1.29, 1.82) is 0 Å². The van der Waals surface area contributed by atoms with Gasteiger partial charge in [0, 0.05) is 6.21 Å². The SMILES string of the molecule is CC1C#CC=CC=N1. The van der Waals surface area contributed by atoms with Crippen molar-refractivity contribution in [2.75, 3.05) is 0 Å². The zero-order valence-corrected chi connectivity index (χ0v) is 4.76. The van der Waals surface area contributed by atoms with Gasteiger partial charge in [0.05, 0.1) is 0 Å². The summed E-state index contributed by atoms with van der Waals surface area (Å²) in [4.78, 5) is 4.04. The third-order valence-corrected chi connectivity index (χ3v) is 0.868. The molecule has 0 bridgehead atoms. The first-order valence-electron chi connectivity index (χ1n) is 2.59. The van der Waals surface area contributed by atoms with Crippen LogP contribution in [-0.4, -0.2) is 12.3 Å². The minimum atomic E-state index is 0.171. The topological polar surface area (TPSA) is 12.4 Å². The number of nitrogens with zero attached hydrogens (tertiary/aromatic N) is 1. The first kappa shape index (κ1) is 5.11. The van der Waals surface area contributed by atoms with Crippen LogP contribution in [-0.2, 0) is 0 Å². The van der Waals surface area contributed by atoms with Crippen LogP contribution in [0.25, 0.3) is 0 Å². The van der Waals surface area contributed by atoms with Crippen molar-refractivity contribution < 1.29 is 0 Å². The van der Waals surface area contributed by atoms with Crippen LogP contribution in [0, 0.1) is 11.8 Å². The van der Waals surface area contributed by atoms with Gasteiger partial charge in [-0.2, -0.15) is 0 Å². The third kappa shape index (κ3) is 1.23. The van der Waals surface area contributed by atoms with E-state index in [4.69, 9.17) is 0 Å². The van der Waals surface area contributed by atoms with Crippen molar-refractivity contribution in [3.05, 3.63) is 12.2 Å². The van der Waals surface area contributed by atoms with Crippen molar-refractivity contribution in [3.63, 3.8) is 0 Å². The van der Waals surface area contributed by atoms with Gasteiger partial charge in [-0.25, -0.2) is 0 Å². The Kier molecular flexibility index (Phi) is 1.48. The summed E-state index contributed by atoms with van der Waals surface area (Å²) in [7, 11) is 0. The first-order chi connectivity index (χ1) is 3.89. The van der Waals surface area contributed by atoms with E-state index in [1.54, 1.807) is 12.3 Å². The molecule has 0 spiro atoms. The van der Waals surface area contributed by atoms with E-state index in [1.165, 1.54) is 0 Å². The molecule has 0 amide bonds. The number of rotatable bonds is 0. The summed E-state index contributed by atoms with van der Waals surface area (Å²) in [5.74, 6) is 5.75. The molecule has 1 aliphatic heterocycles. The van der Waals surface area contributed by atoms with E-state index in [0.29, 0.717) is 0 Å². The molecule has 0 aliphatic carbocycles. The highest BCUT2D eigenvalue weighted by molar-refractivity contribution is 5.73. The average Bonchev–Trinajstić information content (AvgIpc) is 1.94. The molecule has 8 heavy (non-hydrogen) atoms. The van der Waals surface area contributed by atoms with Gasteiger partial charge in [0.1, 0.15) is 6.04 Å². The molecule has 1 unspecified atom stereocenters. The minimum Gasteiger partial charge on any atom is -0.277 e. The normalized spacial score (nSPS) is 23.9. The monoisotopic (exact) mass is 105 g/mol. The van der Waals surface area contributed by atoms with Crippen molar-refractivity contribution in [3.8, 4) is 11.8 Å². The Bertz CT molecular complexity index is 178. The van der Waals surface area contributed by atoms with Crippen LogP contribution in [0.3, 0.4) is 0 Å². The summed E-state index contributed by atoms with van der Waals surface area (Å²) in [6, 6.07) is 0.171. The van der Waals surface area contributed by atoms with E-state index in [9.17, 15) is 0 Å². The van der Waals surface area contributed by atoms with Crippen molar-refractivity contribution >= 4 is 6.21 Å². The largest absolute Gasteiger partial charge is 0.277 e. The highest BCUT2D eigenvalue weighted by atomic mass is 14.7. The van der Waals surface area contributed by atoms with Gasteiger partial charge in [-0.05, 0) is 19.1 Å². The van der Waals surface area contributed by atoms with Gasteiger partial charge in [-0.1, -0.05) is 11.8 Å². The maximum absolute atomic E-state index is 4.04. The summed E-state index contributed by atoms with van der Waals surface area (Å²) in [5, 5.41) is 0. The smallest absolute Gasteiger partial charge is 0.108 e. The average molecular weight is 105 g/mol. The number of aliphatic imine (C=N–C) groups is 1. The second kappa shape index (κ2) is 2.32. The van der Waals surface area contributed by atoms with Gasteiger partial charge in [-0.3, -0.25) is 4.99 Å². The van der Waals surface area contributed by atoms with Crippen LogP contribution in [0.5, 0.6) is 0 Å². The van der Waals surface area contributed by atoms with E-state index in [1.807, 2.05) is 13.0 Å². The molecule has 40 valence electrons. The molecule has 1 heterocycles. The predicted molar refractivity (Wildman–Crippen MR) is 34.9 cm³/mol. The fraction of sp³-hybridized carbons (Fsp3) is 0.286. The van der Waals surface area contributed by atoms with Gasteiger partial charge in [0.15, 0.2) is 0 Å². The van der Waals surface area contributed by atoms with E-state index in [2.05, 4.69) is 16.8 Å². The summed E-state index contributed by atoms with van der Waals surface area (Å²) in [5.41, 5.74) is 0. The van der Waals surface area contributed by atoms with E-state index < -0.39 is 0 Å². The Morgan fingerprint density at radius 3 is 3.38 bits per heavy atom. The Morgan fingerprint density at radius 1 is 1.62 bits per heavy atom. The number of allylic oxidation sites excluding steroid dienone is 2. The van der Waals surface area contributed by atoms with Crippen LogP contribution >= 0.6 is 0 Å². The molecule has 0 saturated carbocycles. The Morgan fingerprint density at radius 2 is 2.50 bits per heavy atom. The highest BCUT2D eigenvalue weighted by Gasteiger charge is 1.87. The van der Waals surface area contributed by atoms with Crippen LogP contribution in [0.4, 0.5) is 0 Å². The quantitative estimate of drug-likeness (QED) is 0.408. The lowest BCUT2D eigenvalue weighted by Crippen LogP contribution is -1.89. The predicted octanol–water partition coefficient (Wildman–Crippen LogP) is 1.02. The lowest BCUT2D eigenvalue weighted by atomic mass is 10.4. The minimum absolute atomic E-state index is 0.171. The molecule has 1 aliphatic rings. The summed E-state index contributed by atoms with van der Waals surface area (Å²) in [6.45, 7) is 1.97. The zero-order chi connectivity index (χ0) is 5.82.